The molecule has 2 aromatic rings. The predicted molar refractivity (Wildman–Crippen MR) is 106 cm³/mol. The number of aryl methyl sites for hydroxylation is 1. The van der Waals surface area contributed by atoms with Gasteiger partial charge in [-0.25, -0.2) is 15.1 Å². The van der Waals surface area contributed by atoms with E-state index in [1.54, 1.807) is 48.5 Å². The van der Waals surface area contributed by atoms with Crippen LogP contribution < -0.4 is 15.6 Å². The lowest BCUT2D eigenvalue weighted by atomic mass is 10.1. The van der Waals surface area contributed by atoms with E-state index >= 15 is 0 Å². The lowest BCUT2D eigenvalue weighted by Gasteiger charge is -2.28. The largest absolute Gasteiger partial charge is 0.335 e. The van der Waals surface area contributed by atoms with E-state index in [9.17, 15) is 19.2 Å². The molecule has 8 nitrogen and oxygen atoms in total. The topological polar surface area (TPSA) is 108 Å². The van der Waals surface area contributed by atoms with Gasteiger partial charge in [-0.1, -0.05) is 33.6 Å². The van der Waals surface area contributed by atoms with Gasteiger partial charge in [0.05, 0.1) is 5.69 Å². The van der Waals surface area contributed by atoms with E-state index in [0.717, 1.165) is 21.2 Å². The number of benzene rings is 2. The normalized spacial score (nSPS) is 17.0. The Balaban J connectivity index is 1.74. The summed E-state index contributed by atoms with van der Waals surface area (Å²) in [6, 6.07) is 12.4. The van der Waals surface area contributed by atoms with Crippen molar-refractivity contribution in [2.75, 3.05) is 4.90 Å². The zero-order valence-corrected chi connectivity index (χ0v) is 16.3. The number of barbiturate groups is 1. The first-order valence-electron chi connectivity index (χ1n) is 8.21. The second-order valence-corrected chi connectivity index (χ2v) is 6.92. The molecule has 1 heterocycles. The second-order valence-electron chi connectivity index (χ2n) is 6.01. The van der Waals surface area contributed by atoms with Gasteiger partial charge in [-0.3, -0.25) is 19.7 Å². The fraction of sp³-hybridized carbons (Fsp3) is 0.105. The molecule has 0 radical (unpaired) electrons. The van der Waals surface area contributed by atoms with E-state index in [1.807, 2.05) is 6.92 Å². The number of halogens is 1. The molecule has 1 atom stereocenters. The first kappa shape index (κ1) is 19.4. The van der Waals surface area contributed by atoms with E-state index in [4.69, 9.17) is 0 Å². The Morgan fingerprint density at radius 2 is 1.75 bits per heavy atom. The van der Waals surface area contributed by atoms with Crippen LogP contribution in [0.3, 0.4) is 0 Å². The molecule has 1 aliphatic rings. The summed E-state index contributed by atoms with van der Waals surface area (Å²) in [6.07, 6.45) is 1.00. The van der Waals surface area contributed by atoms with Crippen molar-refractivity contribution in [3.8, 4) is 0 Å². The van der Waals surface area contributed by atoms with Gasteiger partial charge in [0.25, 0.3) is 11.8 Å². The molecule has 1 aliphatic heterocycles. The Labute approximate surface area is 168 Å². The third-order valence-corrected chi connectivity index (χ3v) is 4.52. The van der Waals surface area contributed by atoms with Gasteiger partial charge in [-0.05, 0) is 43.3 Å². The third-order valence-electron chi connectivity index (χ3n) is 3.99. The van der Waals surface area contributed by atoms with Crippen molar-refractivity contribution in [3.63, 3.8) is 0 Å². The standard InChI is InChI=1S/C19H15BrN4O4/c1-11-2-4-12(5-3-11)16(25)23-21-10-15-17(26)22-19(28)24(18(15)27)14-8-6-13(20)7-9-14/h2-10,15H,1H3,(H,23,25)(H,22,26,28)/b21-10-/t15-/m0/s1. The Kier molecular flexibility index (Phi) is 5.65. The van der Waals surface area contributed by atoms with Gasteiger partial charge < -0.3 is 0 Å². The maximum atomic E-state index is 12.6. The number of anilines is 1. The zero-order valence-electron chi connectivity index (χ0n) is 14.7. The number of urea groups is 1. The molecule has 28 heavy (non-hydrogen) atoms. The number of carbonyl (C=O) groups is 4. The summed E-state index contributed by atoms with van der Waals surface area (Å²) in [7, 11) is 0. The van der Waals surface area contributed by atoms with Crippen molar-refractivity contribution in [3.05, 3.63) is 64.1 Å². The van der Waals surface area contributed by atoms with Crippen LogP contribution in [0, 0.1) is 12.8 Å². The second kappa shape index (κ2) is 8.13. The van der Waals surface area contributed by atoms with Gasteiger partial charge in [0.1, 0.15) is 0 Å². The number of hydrogen-bond acceptors (Lipinski definition) is 5. The number of carbonyl (C=O) groups excluding carboxylic acids is 4. The molecule has 0 aliphatic carbocycles. The molecular formula is C19H15BrN4O4. The molecule has 1 saturated heterocycles. The lowest BCUT2D eigenvalue weighted by molar-refractivity contribution is -0.131. The quantitative estimate of drug-likeness (QED) is 0.430. The van der Waals surface area contributed by atoms with Crippen LogP contribution in [-0.4, -0.2) is 30.0 Å². The summed E-state index contributed by atoms with van der Waals surface area (Å²) in [5, 5.41) is 5.82. The summed E-state index contributed by atoms with van der Waals surface area (Å²) in [5.74, 6) is -3.40. The number of amides is 5. The monoisotopic (exact) mass is 442 g/mol. The zero-order chi connectivity index (χ0) is 20.3. The molecule has 5 amide bonds. The molecule has 9 heteroatoms. The van der Waals surface area contributed by atoms with Crippen molar-refractivity contribution in [1.82, 2.24) is 10.7 Å². The highest BCUT2D eigenvalue weighted by Gasteiger charge is 2.40. The molecule has 1 fully saturated rings. The fourth-order valence-electron chi connectivity index (χ4n) is 2.50. The average Bonchev–Trinajstić information content (AvgIpc) is 2.66. The highest BCUT2D eigenvalue weighted by molar-refractivity contribution is 9.10. The highest BCUT2D eigenvalue weighted by Crippen LogP contribution is 2.22. The van der Waals surface area contributed by atoms with Crippen molar-refractivity contribution in [2.45, 2.75) is 6.92 Å². The molecule has 3 rings (SSSR count). The Morgan fingerprint density at radius 1 is 1.11 bits per heavy atom. The van der Waals surface area contributed by atoms with Crippen LogP contribution in [-0.2, 0) is 9.59 Å². The number of nitrogens with zero attached hydrogens (tertiary/aromatic N) is 2. The molecule has 0 unspecified atom stereocenters. The van der Waals surface area contributed by atoms with Crippen molar-refractivity contribution < 1.29 is 19.2 Å². The van der Waals surface area contributed by atoms with Crippen LogP contribution in [0.4, 0.5) is 10.5 Å². The SMILES string of the molecule is Cc1ccc(C(=O)N/N=C\[C@H]2C(=O)NC(=O)N(c3ccc(Br)cc3)C2=O)cc1. The Bertz CT molecular complexity index is 970. The molecule has 0 bridgehead atoms. The number of hydrazone groups is 1. The van der Waals surface area contributed by atoms with Crippen LogP contribution >= 0.6 is 15.9 Å². The highest BCUT2D eigenvalue weighted by atomic mass is 79.9. The van der Waals surface area contributed by atoms with E-state index in [0.29, 0.717) is 11.3 Å². The summed E-state index contributed by atoms with van der Waals surface area (Å²) in [5.41, 5.74) is 3.96. The average molecular weight is 443 g/mol. The van der Waals surface area contributed by atoms with Crippen LogP contribution in [0.2, 0.25) is 0 Å². The van der Waals surface area contributed by atoms with E-state index in [2.05, 4.69) is 31.8 Å². The molecule has 2 N–H and O–H groups in total. The summed E-state index contributed by atoms with van der Waals surface area (Å²) in [4.78, 5) is 49.7. The summed E-state index contributed by atoms with van der Waals surface area (Å²) in [6.45, 7) is 1.89. The maximum absolute atomic E-state index is 12.6. The van der Waals surface area contributed by atoms with Crippen molar-refractivity contribution >= 4 is 51.6 Å². The van der Waals surface area contributed by atoms with Crippen molar-refractivity contribution in [1.29, 1.82) is 0 Å². The fourth-order valence-corrected chi connectivity index (χ4v) is 2.76. The van der Waals surface area contributed by atoms with Gasteiger partial charge >= 0.3 is 6.03 Å². The number of hydrogen-bond donors (Lipinski definition) is 2. The molecule has 0 spiro atoms. The minimum Gasteiger partial charge on any atom is -0.276 e. The minimum absolute atomic E-state index is 0.306. The van der Waals surface area contributed by atoms with Gasteiger partial charge in [0.2, 0.25) is 5.91 Å². The third kappa shape index (κ3) is 4.15. The van der Waals surface area contributed by atoms with Crippen LogP contribution in [0.1, 0.15) is 15.9 Å². The van der Waals surface area contributed by atoms with E-state index < -0.39 is 29.7 Å². The Morgan fingerprint density at radius 3 is 2.39 bits per heavy atom. The van der Waals surface area contributed by atoms with Gasteiger partial charge in [-0.15, -0.1) is 0 Å². The van der Waals surface area contributed by atoms with Crippen LogP contribution in [0.5, 0.6) is 0 Å². The molecule has 2 aromatic carbocycles. The number of nitrogens with one attached hydrogen (secondary N) is 2. The smallest absolute Gasteiger partial charge is 0.276 e. The Hall–Kier alpha value is -3.33. The van der Waals surface area contributed by atoms with E-state index in [-0.39, 0.29) is 0 Å². The minimum atomic E-state index is -1.35. The van der Waals surface area contributed by atoms with Crippen molar-refractivity contribution in [2.24, 2.45) is 11.0 Å². The lowest BCUT2D eigenvalue weighted by Crippen LogP contribution is -2.58. The predicted octanol–water partition coefficient (Wildman–Crippen LogP) is 2.37. The first-order chi connectivity index (χ1) is 13.4. The maximum Gasteiger partial charge on any atom is 0.335 e. The van der Waals surface area contributed by atoms with Crippen LogP contribution in [0.25, 0.3) is 0 Å². The van der Waals surface area contributed by atoms with Gasteiger partial charge in [-0.2, -0.15) is 5.10 Å². The summed E-state index contributed by atoms with van der Waals surface area (Å²) >= 11 is 3.27. The van der Waals surface area contributed by atoms with Gasteiger partial charge in [0, 0.05) is 16.3 Å². The summed E-state index contributed by atoms with van der Waals surface area (Å²) < 4.78 is 0.772. The molecule has 0 saturated carbocycles. The number of imide groups is 2. The molecular weight excluding hydrogens is 428 g/mol. The molecule has 0 aromatic heterocycles. The van der Waals surface area contributed by atoms with Gasteiger partial charge in [0.15, 0.2) is 5.92 Å². The first-order valence-corrected chi connectivity index (χ1v) is 9.00. The van der Waals surface area contributed by atoms with Crippen LogP contribution in [0.15, 0.2) is 58.1 Å². The number of rotatable bonds is 4. The molecule has 142 valence electrons. The van der Waals surface area contributed by atoms with E-state index in [1.165, 1.54) is 0 Å².